The van der Waals surface area contributed by atoms with Crippen molar-refractivity contribution in [2.75, 3.05) is 6.54 Å². The Hall–Kier alpha value is -2.62. The van der Waals surface area contributed by atoms with E-state index in [1.54, 1.807) is 0 Å². The molecule has 1 aliphatic heterocycles. The van der Waals surface area contributed by atoms with E-state index in [9.17, 15) is 14.7 Å². The van der Waals surface area contributed by atoms with Crippen molar-refractivity contribution >= 4 is 11.9 Å². The molecule has 1 heterocycles. The molecule has 4 nitrogen and oxygen atoms in total. The quantitative estimate of drug-likeness (QED) is 0.745. The van der Waals surface area contributed by atoms with Gasteiger partial charge in [0.15, 0.2) is 5.78 Å². The van der Waals surface area contributed by atoms with Crippen LogP contribution < -0.4 is 0 Å². The molecule has 1 unspecified atom stereocenters. The van der Waals surface area contributed by atoms with Crippen LogP contribution in [-0.4, -0.2) is 34.5 Å². The number of carboxylic acid groups (broad SMARTS) is 1. The first-order valence-corrected chi connectivity index (χ1v) is 9.76. The van der Waals surface area contributed by atoms with E-state index in [4.69, 9.17) is 0 Å². The summed E-state index contributed by atoms with van der Waals surface area (Å²) in [6.07, 6.45) is 3.65. The molecule has 1 fully saturated rings. The second kappa shape index (κ2) is 9.36. The van der Waals surface area contributed by atoms with Crippen LogP contribution in [0.5, 0.6) is 0 Å². The normalized spacial score (nSPS) is 16.6. The summed E-state index contributed by atoms with van der Waals surface area (Å²) in [5.74, 6) is -0.0166. The van der Waals surface area contributed by atoms with Gasteiger partial charge in [-0.15, -0.1) is 0 Å². The molecule has 0 radical (unpaired) electrons. The fourth-order valence-electron chi connectivity index (χ4n) is 3.96. The van der Waals surface area contributed by atoms with Crippen LogP contribution in [0.15, 0.2) is 60.7 Å². The maximum Gasteiger partial charge on any atom is 0.407 e. The number of carbonyl (C=O) groups excluding carboxylic acids is 1. The number of Topliss-reactive ketones (excluding diaryl/α,β-unsaturated/α-hetero) is 1. The first-order valence-electron chi connectivity index (χ1n) is 9.76. The van der Waals surface area contributed by atoms with Gasteiger partial charge >= 0.3 is 6.09 Å². The molecule has 27 heavy (non-hydrogen) atoms. The van der Waals surface area contributed by atoms with Gasteiger partial charge in [-0.25, -0.2) is 4.79 Å². The van der Waals surface area contributed by atoms with E-state index in [1.807, 2.05) is 36.4 Å². The number of ketones is 1. The van der Waals surface area contributed by atoms with Crippen molar-refractivity contribution in [2.24, 2.45) is 5.92 Å². The Labute approximate surface area is 160 Å². The van der Waals surface area contributed by atoms with Gasteiger partial charge in [-0.1, -0.05) is 60.7 Å². The second-order valence-corrected chi connectivity index (χ2v) is 7.28. The Morgan fingerprint density at radius 1 is 0.926 bits per heavy atom. The third-order valence-corrected chi connectivity index (χ3v) is 5.48. The van der Waals surface area contributed by atoms with E-state index >= 15 is 0 Å². The van der Waals surface area contributed by atoms with Gasteiger partial charge < -0.3 is 5.11 Å². The van der Waals surface area contributed by atoms with Crippen molar-refractivity contribution < 1.29 is 14.7 Å². The first-order chi connectivity index (χ1) is 13.1. The Balaban J connectivity index is 1.69. The van der Waals surface area contributed by atoms with Crippen molar-refractivity contribution in [3.05, 3.63) is 71.8 Å². The minimum atomic E-state index is -0.976. The number of benzene rings is 2. The molecule has 1 saturated heterocycles. The molecular weight excluding hydrogens is 338 g/mol. The first kappa shape index (κ1) is 19.2. The minimum Gasteiger partial charge on any atom is -0.465 e. The Kier molecular flexibility index (Phi) is 6.64. The Morgan fingerprint density at radius 3 is 1.93 bits per heavy atom. The molecule has 2 aromatic rings. The molecule has 0 aromatic heterocycles. The van der Waals surface area contributed by atoms with E-state index in [-0.39, 0.29) is 11.7 Å². The largest absolute Gasteiger partial charge is 0.465 e. The molecule has 1 amide bonds. The van der Waals surface area contributed by atoms with E-state index in [0.717, 1.165) is 32.1 Å². The minimum absolute atomic E-state index is 0.0989. The zero-order chi connectivity index (χ0) is 19.1. The summed E-state index contributed by atoms with van der Waals surface area (Å²) in [4.78, 5) is 26.0. The lowest BCUT2D eigenvalue weighted by Gasteiger charge is -2.25. The molecule has 142 valence electrons. The molecule has 4 heteroatoms. The third-order valence-electron chi connectivity index (χ3n) is 5.48. The number of likely N-dealkylation sites (tertiary alicyclic amines) is 1. The average molecular weight is 365 g/mol. The summed E-state index contributed by atoms with van der Waals surface area (Å²) in [7, 11) is 0. The maximum atomic E-state index is 13.2. The molecule has 3 rings (SSSR count). The second-order valence-electron chi connectivity index (χ2n) is 7.28. The molecule has 1 N–H and O–H groups in total. The highest BCUT2D eigenvalue weighted by molar-refractivity contribution is 5.89. The van der Waals surface area contributed by atoms with Crippen LogP contribution in [0.4, 0.5) is 4.79 Å². The number of hydrogen-bond acceptors (Lipinski definition) is 2. The van der Waals surface area contributed by atoms with E-state index in [2.05, 4.69) is 24.3 Å². The predicted molar refractivity (Wildman–Crippen MR) is 106 cm³/mol. The highest BCUT2D eigenvalue weighted by Gasteiger charge is 2.37. The summed E-state index contributed by atoms with van der Waals surface area (Å²) in [5, 5.41) is 9.40. The fourth-order valence-corrected chi connectivity index (χ4v) is 3.96. The molecule has 2 aromatic carbocycles. The number of nitrogens with zero attached hydrogens (tertiary/aromatic N) is 1. The van der Waals surface area contributed by atoms with Crippen LogP contribution in [-0.2, 0) is 17.6 Å². The lowest BCUT2D eigenvalue weighted by molar-refractivity contribution is -0.127. The van der Waals surface area contributed by atoms with Crippen molar-refractivity contribution in [2.45, 2.75) is 44.6 Å². The van der Waals surface area contributed by atoms with Gasteiger partial charge in [0.05, 0.1) is 6.04 Å². The smallest absolute Gasteiger partial charge is 0.407 e. The molecule has 0 aliphatic carbocycles. The van der Waals surface area contributed by atoms with Gasteiger partial charge in [-0.3, -0.25) is 9.69 Å². The van der Waals surface area contributed by atoms with Crippen LogP contribution in [0.25, 0.3) is 0 Å². The van der Waals surface area contributed by atoms with E-state index < -0.39 is 12.1 Å². The number of aryl methyl sites for hydroxylation is 2. The van der Waals surface area contributed by atoms with Crippen molar-refractivity contribution in [3.63, 3.8) is 0 Å². The number of amides is 1. The van der Waals surface area contributed by atoms with E-state index in [0.29, 0.717) is 13.0 Å². The van der Waals surface area contributed by atoms with Crippen LogP contribution in [0, 0.1) is 5.92 Å². The topological polar surface area (TPSA) is 57.6 Å². The number of rotatable bonds is 8. The number of hydrogen-bond donors (Lipinski definition) is 1. The van der Waals surface area contributed by atoms with Gasteiger partial charge in [-0.05, 0) is 49.7 Å². The van der Waals surface area contributed by atoms with Crippen LogP contribution >= 0.6 is 0 Å². The summed E-state index contributed by atoms with van der Waals surface area (Å²) in [5.41, 5.74) is 2.44. The van der Waals surface area contributed by atoms with Crippen molar-refractivity contribution in [1.29, 1.82) is 0 Å². The summed E-state index contributed by atoms with van der Waals surface area (Å²) in [6, 6.07) is 19.9. The molecule has 0 bridgehead atoms. The SMILES string of the molecule is O=C(C(CCc1ccccc1)CCc1ccccc1)C1CCCN1C(=O)O. The lowest BCUT2D eigenvalue weighted by Crippen LogP contribution is -2.42. The van der Waals surface area contributed by atoms with Gasteiger partial charge in [0.25, 0.3) is 0 Å². The van der Waals surface area contributed by atoms with Crippen molar-refractivity contribution in [3.8, 4) is 0 Å². The predicted octanol–water partition coefficient (Wildman–Crippen LogP) is 4.58. The van der Waals surface area contributed by atoms with E-state index in [1.165, 1.54) is 16.0 Å². The number of carbonyl (C=O) groups is 2. The van der Waals surface area contributed by atoms with Crippen LogP contribution in [0.3, 0.4) is 0 Å². The maximum absolute atomic E-state index is 13.2. The highest BCUT2D eigenvalue weighted by Crippen LogP contribution is 2.26. The monoisotopic (exact) mass is 365 g/mol. The van der Waals surface area contributed by atoms with Gasteiger partial charge in [0.1, 0.15) is 0 Å². The summed E-state index contributed by atoms with van der Waals surface area (Å²) in [6.45, 7) is 0.468. The highest BCUT2D eigenvalue weighted by atomic mass is 16.4. The molecule has 0 spiro atoms. The lowest BCUT2D eigenvalue weighted by atomic mass is 9.86. The zero-order valence-corrected chi connectivity index (χ0v) is 15.6. The van der Waals surface area contributed by atoms with Crippen LogP contribution in [0.2, 0.25) is 0 Å². The third kappa shape index (κ3) is 5.19. The van der Waals surface area contributed by atoms with Gasteiger partial charge in [0, 0.05) is 12.5 Å². The standard InChI is InChI=1S/C23H27NO3/c25-22(21-12-7-17-24(21)23(26)27)20(15-13-18-8-3-1-4-9-18)16-14-19-10-5-2-6-11-19/h1-6,8-11,20-21H,7,12-17H2,(H,26,27). The molecule has 0 saturated carbocycles. The molecule has 1 atom stereocenters. The molecular formula is C23H27NO3. The molecule has 1 aliphatic rings. The van der Waals surface area contributed by atoms with Crippen LogP contribution in [0.1, 0.15) is 36.8 Å². The summed E-state index contributed by atoms with van der Waals surface area (Å²) < 4.78 is 0. The summed E-state index contributed by atoms with van der Waals surface area (Å²) >= 11 is 0. The zero-order valence-electron chi connectivity index (χ0n) is 15.6. The average Bonchev–Trinajstić information content (AvgIpc) is 3.19. The van der Waals surface area contributed by atoms with Crippen molar-refractivity contribution in [1.82, 2.24) is 4.90 Å². The van der Waals surface area contributed by atoms with Gasteiger partial charge in [0.2, 0.25) is 0 Å². The fraction of sp³-hybridized carbons (Fsp3) is 0.391. The van der Waals surface area contributed by atoms with Gasteiger partial charge in [-0.2, -0.15) is 0 Å². The Bertz CT molecular complexity index is 701. The Morgan fingerprint density at radius 2 is 1.44 bits per heavy atom.